The maximum Gasteiger partial charge on any atom is 0.130 e. The quantitative estimate of drug-likeness (QED) is 0.568. The molecule has 2 rings (SSSR count). The van der Waals surface area contributed by atoms with Gasteiger partial charge >= 0.3 is 0 Å². The molecule has 4 atom stereocenters. The van der Waals surface area contributed by atoms with Crippen molar-refractivity contribution in [3.05, 3.63) is 0 Å². The topological polar surface area (TPSA) is 32.3 Å². The molecule has 0 bridgehead atoms. The summed E-state index contributed by atoms with van der Waals surface area (Å²) in [7, 11) is 0. The van der Waals surface area contributed by atoms with E-state index in [-0.39, 0.29) is 5.92 Å². The number of piperidine rings is 1. The highest BCUT2D eigenvalue weighted by atomic mass is 16.3. The summed E-state index contributed by atoms with van der Waals surface area (Å²) in [6.45, 7) is 2.10. The Labute approximate surface area is 86.1 Å². The first kappa shape index (κ1) is 10.0. The number of rotatable bonds is 0. The van der Waals surface area contributed by atoms with Crippen LogP contribution in [0.2, 0.25) is 0 Å². The largest absolute Gasteiger partial charge is 0.377 e. The highest BCUT2D eigenvalue weighted by Crippen LogP contribution is 2.38. The molecule has 2 N–H and O–H groups in total. The fraction of sp³-hybridized carbons (Fsp3) is 0.833. The van der Waals surface area contributed by atoms with E-state index >= 15 is 0 Å². The normalized spacial score (nSPS) is 47.9. The van der Waals surface area contributed by atoms with Crippen LogP contribution in [0.3, 0.4) is 0 Å². The summed E-state index contributed by atoms with van der Waals surface area (Å²) < 4.78 is 0. The second-order valence-corrected chi connectivity index (χ2v) is 4.84. The molecule has 0 aromatic carbocycles. The standard InChI is InChI=1S/C12H19NO/c1-3-12(14)8-9(2)13-11-7-5-4-6-10(11)12/h1,9-11,13-14H,4-8H2,2H3/t9-,10+,11-,12+/m0/s1. The minimum Gasteiger partial charge on any atom is -0.377 e. The smallest absolute Gasteiger partial charge is 0.130 e. The maximum atomic E-state index is 10.4. The molecule has 78 valence electrons. The van der Waals surface area contributed by atoms with Crippen molar-refractivity contribution >= 4 is 0 Å². The first-order chi connectivity index (χ1) is 6.65. The Balaban J connectivity index is 2.20. The highest BCUT2D eigenvalue weighted by molar-refractivity contribution is 5.16. The van der Waals surface area contributed by atoms with Gasteiger partial charge in [0.25, 0.3) is 0 Å². The van der Waals surface area contributed by atoms with Crippen LogP contribution >= 0.6 is 0 Å². The molecule has 0 radical (unpaired) electrons. The third-order valence-electron chi connectivity index (χ3n) is 3.75. The molecule has 2 fully saturated rings. The molecule has 0 spiro atoms. The van der Waals surface area contributed by atoms with E-state index in [1.807, 2.05) is 0 Å². The Bertz CT molecular complexity index is 258. The van der Waals surface area contributed by atoms with Crippen molar-refractivity contribution in [1.82, 2.24) is 5.32 Å². The van der Waals surface area contributed by atoms with Crippen molar-refractivity contribution in [3.8, 4) is 12.3 Å². The number of nitrogens with one attached hydrogen (secondary N) is 1. The Morgan fingerprint density at radius 3 is 2.86 bits per heavy atom. The van der Waals surface area contributed by atoms with Crippen LogP contribution in [0.15, 0.2) is 0 Å². The van der Waals surface area contributed by atoms with Gasteiger partial charge in [-0.05, 0) is 19.8 Å². The summed E-state index contributed by atoms with van der Waals surface area (Å²) in [4.78, 5) is 0. The van der Waals surface area contributed by atoms with Crippen LogP contribution in [0, 0.1) is 18.3 Å². The molecule has 0 aromatic heterocycles. The van der Waals surface area contributed by atoms with Crippen LogP contribution in [0.4, 0.5) is 0 Å². The van der Waals surface area contributed by atoms with E-state index in [9.17, 15) is 5.11 Å². The Morgan fingerprint density at radius 2 is 2.14 bits per heavy atom. The van der Waals surface area contributed by atoms with Gasteiger partial charge < -0.3 is 10.4 Å². The molecule has 0 amide bonds. The Hall–Kier alpha value is -0.520. The van der Waals surface area contributed by atoms with Crippen LogP contribution in [0.25, 0.3) is 0 Å². The van der Waals surface area contributed by atoms with E-state index in [0.717, 1.165) is 6.42 Å². The van der Waals surface area contributed by atoms with Gasteiger partial charge in [0.1, 0.15) is 5.60 Å². The minimum atomic E-state index is -0.851. The molecule has 0 unspecified atom stereocenters. The predicted molar refractivity (Wildman–Crippen MR) is 56.7 cm³/mol. The summed E-state index contributed by atoms with van der Waals surface area (Å²) in [5, 5.41) is 13.9. The van der Waals surface area contributed by atoms with Gasteiger partial charge in [-0.1, -0.05) is 18.8 Å². The van der Waals surface area contributed by atoms with Crippen LogP contribution in [0.5, 0.6) is 0 Å². The molecule has 1 heterocycles. The molecule has 2 heteroatoms. The first-order valence-electron chi connectivity index (χ1n) is 5.62. The molecule has 0 aromatic rings. The lowest BCUT2D eigenvalue weighted by Gasteiger charge is -2.47. The van der Waals surface area contributed by atoms with Crippen LogP contribution in [-0.2, 0) is 0 Å². The minimum absolute atomic E-state index is 0.275. The second-order valence-electron chi connectivity index (χ2n) is 4.84. The van der Waals surface area contributed by atoms with E-state index in [0.29, 0.717) is 18.5 Å². The summed E-state index contributed by atoms with van der Waals surface area (Å²) in [5.74, 6) is 2.90. The Kier molecular flexibility index (Phi) is 2.55. The lowest BCUT2D eigenvalue weighted by atomic mass is 9.69. The monoisotopic (exact) mass is 193 g/mol. The lowest BCUT2D eigenvalue weighted by molar-refractivity contribution is -0.0384. The number of terminal acetylenes is 1. The second kappa shape index (κ2) is 3.56. The van der Waals surface area contributed by atoms with E-state index in [2.05, 4.69) is 18.2 Å². The number of aliphatic hydroxyl groups is 1. The SMILES string of the molecule is C#C[C@@]1(O)C[C@H](C)N[C@H]2CCCC[C@H]21. The zero-order valence-corrected chi connectivity index (χ0v) is 8.79. The van der Waals surface area contributed by atoms with Crippen molar-refractivity contribution in [2.24, 2.45) is 5.92 Å². The van der Waals surface area contributed by atoms with E-state index in [1.165, 1.54) is 19.3 Å². The van der Waals surface area contributed by atoms with Crippen LogP contribution in [0.1, 0.15) is 39.0 Å². The lowest BCUT2D eigenvalue weighted by Crippen LogP contribution is -2.59. The molecule has 1 saturated heterocycles. The van der Waals surface area contributed by atoms with Gasteiger partial charge in [-0.15, -0.1) is 6.42 Å². The molecule has 2 nitrogen and oxygen atoms in total. The summed E-state index contributed by atoms with van der Waals surface area (Å²) in [6, 6.07) is 0.781. The van der Waals surface area contributed by atoms with Gasteiger partial charge in [0, 0.05) is 24.4 Å². The summed E-state index contributed by atoms with van der Waals surface area (Å²) >= 11 is 0. The number of fused-ring (bicyclic) bond motifs is 1. The first-order valence-corrected chi connectivity index (χ1v) is 5.62. The third kappa shape index (κ3) is 1.55. The van der Waals surface area contributed by atoms with Gasteiger partial charge in [0.05, 0.1) is 0 Å². The summed E-state index contributed by atoms with van der Waals surface area (Å²) in [5.41, 5.74) is -0.851. The fourth-order valence-corrected chi connectivity index (χ4v) is 3.11. The van der Waals surface area contributed by atoms with Gasteiger partial charge in [-0.3, -0.25) is 0 Å². The van der Waals surface area contributed by atoms with Crippen LogP contribution < -0.4 is 5.32 Å². The van der Waals surface area contributed by atoms with Crippen LogP contribution in [-0.4, -0.2) is 22.8 Å². The molecule has 14 heavy (non-hydrogen) atoms. The maximum absolute atomic E-state index is 10.4. The average Bonchev–Trinajstić information content (AvgIpc) is 2.17. The highest BCUT2D eigenvalue weighted by Gasteiger charge is 2.45. The zero-order chi connectivity index (χ0) is 10.2. The van der Waals surface area contributed by atoms with E-state index in [4.69, 9.17) is 6.42 Å². The predicted octanol–water partition coefficient (Wildman–Crippen LogP) is 1.29. The summed E-state index contributed by atoms with van der Waals surface area (Å²) in [6.07, 6.45) is 10.9. The van der Waals surface area contributed by atoms with E-state index in [1.54, 1.807) is 0 Å². The molecular weight excluding hydrogens is 174 g/mol. The molecule has 1 aliphatic heterocycles. The van der Waals surface area contributed by atoms with Crippen molar-refractivity contribution in [2.45, 2.75) is 56.7 Å². The van der Waals surface area contributed by atoms with Crippen molar-refractivity contribution in [2.75, 3.05) is 0 Å². The van der Waals surface area contributed by atoms with Gasteiger partial charge in [0.2, 0.25) is 0 Å². The average molecular weight is 193 g/mol. The molecule has 1 saturated carbocycles. The zero-order valence-electron chi connectivity index (χ0n) is 8.79. The Morgan fingerprint density at radius 1 is 1.43 bits per heavy atom. The van der Waals surface area contributed by atoms with Gasteiger partial charge in [-0.2, -0.15) is 0 Å². The van der Waals surface area contributed by atoms with Gasteiger partial charge in [0.15, 0.2) is 0 Å². The van der Waals surface area contributed by atoms with E-state index < -0.39 is 5.60 Å². The van der Waals surface area contributed by atoms with Crippen molar-refractivity contribution < 1.29 is 5.11 Å². The third-order valence-corrected chi connectivity index (χ3v) is 3.75. The number of hydrogen-bond donors (Lipinski definition) is 2. The van der Waals surface area contributed by atoms with Crippen molar-refractivity contribution in [1.29, 1.82) is 0 Å². The van der Waals surface area contributed by atoms with Crippen molar-refractivity contribution in [3.63, 3.8) is 0 Å². The fourth-order valence-electron chi connectivity index (χ4n) is 3.11. The molecule has 2 aliphatic rings. The molecule has 1 aliphatic carbocycles. The van der Waals surface area contributed by atoms with Gasteiger partial charge in [-0.25, -0.2) is 0 Å². The molecular formula is C12H19NO. The number of hydrogen-bond acceptors (Lipinski definition) is 2.